The molecule has 2 nitrogen and oxygen atoms in total. The zero-order valence-electron chi connectivity index (χ0n) is 9.04. The molecular formula is C13H14N2. The number of aromatic nitrogens is 1. The van der Waals surface area contributed by atoms with Crippen LogP contribution in [0.1, 0.15) is 11.1 Å². The number of aromatic amines is 1. The lowest BCUT2D eigenvalue weighted by molar-refractivity contribution is 1.34. The minimum absolute atomic E-state index is 0.916. The molecule has 0 atom stereocenters. The second-order valence-electron chi connectivity index (χ2n) is 3.61. The maximum absolute atomic E-state index is 4.30. The molecule has 0 aliphatic heterocycles. The van der Waals surface area contributed by atoms with Gasteiger partial charge in [0.05, 0.1) is 0 Å². The third-order valence-electron chi connectivity index (χ3n) is 2.57. The molecule has 0 radical (unpaired) electrons. The average Bonchev–Trinajstić information content (AvgIpc) is 2.54. The number of nitrogens with one attached hydrogen (secondary N) is 1. The van der Waals surface area contributed by atoms with E-state index in [2.05, 4.69) is 48.6 Å². The standard InChI is InChI=1S/C13H14N2/c1-4-8-14-13-10(3)12-9(2)6-5-7-11(12)15-13/h4-8,15H,1H2,2-3H3. The van der Waals surface area contributed by atoms with Gasteiger partial charge in [0.2, 0.25) is 0 Å². The van der Waals surface area contributed by atoms with Crippen LogP contribution in [0, 0.1) is 13.8 Å². The molecule has 2 heteroatoms. The van der Waals surface area contributed by atoms with Crippen molar-refractivity contribution in [3.05, 3.63) is 42.0 Å². The van der Waals surface area contributed by atoms with Gasteiger partial charge in [0, 0.05) is 22.7 Å². The Morgan fingerprint density at radius 3 is 2.80 bits per heavy atom. The van der Waals surface area contributed by atoms with Crippen LogP contribution in [0.4, 0.5) is 5.82 Å². The zero-order chi connectivity index (χ0) is 10.8. The molecule has 1 N–H and O–H groups in total. The van der Waals surface area contributed by atoms with E-state index in [1.54, 1.807) is 12.3 Å². The molecular weight excluding hydrogens is 184 g/mol. The molecule has 1 aromatic heterocycles. The smallest absolute Gasteiger partial charge is 0.133 e. The van der Waals surface area contributed by atoms with Gasteiger partial charge in [0.25, 0.3) is 0 Å². The largest absolute Gasteiger partial charge is 0.339 e. The summed E-state index contributed by atoms with van der Waals surface area (Å²) >= 11 is 0. The van der Waals surface area contributed by atoms with Crippen molar-refractivity contribution in [2.45, 2.75) is 13.8 Å². The van der Waals surface area contributed by atoms with Crippen molar-refractivity contribution in [2.75, 3.05) is 0 Å². The van der Waals surface area contributed by atoms with Gasteiger partial charge in [-0.2, -0.15) is 0 Å². The third kappa shape index (κ3) is 1.59. The average molecular weight is 198 g/mol. The van der Waals surface area contributed by atoms with E-state index < -0.39 is 0 Å². The zero-order valence-corrected chi connectivity index (χ0v) is 9.04. The summed E-state index contributed by atoms with van der Waals surface area (Å²) in [6.45, 7) is 7.81. The summed E-state index contributed by atoms with van der Waals surface area (Å²) in [5.74, 6) is 0.916. The quantitative estimate of drug-likeness (QED) is 0.713. The normalized spacial score (nSPS) is 11.3. The lowest BCUT2D eigenvalue weighted by atomic mass is 10.1. The van der Waals surface area contributed by atoms with Crippen molar-refractivity contribution in [2.24, 2.45) is 4.99 Å². The van der Waals surface area contributed by atoms with Crippen molar-refractivity contribution in [3.8, 4) is 0 Å². The summed E-state index contributed by atoms with van der Waals surface area (Å²) in [4.78, 5) is 7.60. The van der Waals surface area contributed by atoms with Crippen molar-refractivity contribution in [3.63, 3.8) is 0 Å². The Kier molecular flexibility index (Phi) is 2.42. The Morgan fingerprint density at radius 2 is 2.13 bits per heavy atom. The first-order valence-corrected chi connectivity index (χ1v) is 4.97. The Labute approximate surface area is 89.4 Å². The van der Waals surface area contributed by atoms with Crippen LogP contribution >= 0.6 is 0 Å². The topological polar surface area (TPSA) is 28.1 Å². The predicted molar refractivity (Wildman–Crippen MR) is 66.1 cm³/mol. The fourth-order valence-corrected chi connectivity index (χ4v) is 1.87. The molecule has 0 saturated carbocycles. The monoisotopic (exact) mass is 198 g/mol. The van der Waals surface area contributed by atoms with Gasteiger partial charge >= 0.3 is 0 Å². The number of benzene rings is 1. The minimum atomic E-state index is 0.916. The molecule has 0 fully saturated rings. The number of aliphatic imine (C=N–C) groups is 1. The van der Waals surface area contributed by atoms with Crippen LogP contribution in [0.3, 0.4) is 0 Å². The molecule has 1 heterocycles. The molecule has 1 aromatic carbocycles. The van der Waals surface area contributed by atoms with E-state index in [4.69, 9.17) is 0 Å². The van der Waals surface area contributed by atoms with E-state index in [1.165, 1.54) is 16.5 Å². The van der Waals surface area contributed by atoms with Gasteiger partial charge in [-0.15, -0.1) is 0 Å². The van der Waals surface area contributed by atoms with Gasteiger partial charge in [-0.1, -0.05) is 24.8 Å². The first-order chi connectivity index (χ1) is 7.24. The highest BCUT2D eigenvalue weighted by Crippen LogP contribution is 2.29. The van der Waals surface area contributed by atoms with E-state index in [0.717, 1.165) is 11.3 Å². The SMILES string of the molecule is C=CC=Nc1[nH]c2cccc(C)c2c1C. The highest BCUT2D eigenvalue weighted by molar-refractivity contribution is 5.91. The maximum Gasteiger partial charge on any atom is 0.133 e. The Morgan fingerprint density at radius 1 is 1.33 bits per heavy atom. The number of hydrogen-bond acceptors (Lipinski definition) is 1. The van der Waals surface area contributed by atoms with Gasteiger partial charge in [-0.05, 0) is 25.5 Å². The number of allylic oxidation sites excluding steroid dienone is 1. The molecule has 0 saturated heterocycles. The van der Waals surface area contributed by atoms with Crippen LogP contribution in [-0.2, 0) is 0 Å². The summed E-state index contributed by atoms with van der Waals surface area (Å²) in [6, 6.07) is 6.24. The number of H-pyrrole nitrogens is 1. The van der Waals surface area contributed by atoms with Crippen LogP contribution in [0.5, 0.6) is 0 Å². The molecule has 0 bridgehead atoms. The fourth-order valence-electron chi connectivity index (χ4n) is 1.87. The maximum atomic E-state index is 4.30. The Balaban J connectivity index is 2.69. The molecule has 0 aliphatic rings. The summed E-state index contributed by atoms with van der Waals surface area (Å²) in [5.41, 5.74) is 3.62. The lowest BCUT2D eigenvalue weighted by Crippen LogP contribution is -1.75. The molecule has 0 unspecified atom stereocenters. The van der Waals surface area contributed by atoms with E-state index in [1.807, 2.05) is 0 Å². The number of rotatable bonds is 2. The highest BCUT2D eigenvalue weighted by atomic mass is 14.9. The number of fused-ring (bicyclic) bond motifs is 1. The second kappa shape index (κ2) is 3.73. The number of nitrogens with zero attached hydrogens (tertiary/aromatic N) is 1. The van der Waals surface area contributed by atoms with E-state index >= 15 is 0 Å². The minimum Gasteiger partial charge on any atom is -0.339 e. The van der Waals surface area contributed by atoms with E-state index in [9.17, 15) is 0 Å². The first kappa shape index (κ1) is 9.71. The molecule has 0 spiro atoms. The summed E-state index contributed by atoms with van der Waals surface area (Å²) in [7, 11) is 0. The first-order valence-electron chi connectivity index (χ1n) is 4.97. The van der Waals surface area contributed by atoms with Crippen LogP contribution in [-0.4, -0.2) is 11.2 Å². The summed E-state index contributed by atoms with van der Waals surface area (Å²) in [5, 5.41) is 1.27. The van der Waals surface area contributed by atoms with E-state index in [0.29, 0.717) is 0 Å². The van der Waals surface area contributed by atoms with Gasteiger partial charge < -0.3 is 4.98 Å². The molecule has 76 valence electrons. The molecule has 2 rings (SSSR count). The van der Waals surface area contributed by atoms with Gasteiger partial charge in [0.1, 0.15) is 5.82 Å². The number of aryl methyl sites for hydroxylation is 2. The highest BCUT2D eigenvalue weighted by Gasteiger charge is 2.07. The van der Waals surface area contributed by atoms with Gasteiger partial charge in [0.15, 0.2) is 0 Å². The fraction of sp³-hybridized carbons (Fsp3) is 0.154. The van der Waals surface area contributed by atoms with Gasteiger partial charge in [-0.3, -0.25) is 0 Å². The molecule has 2 aromatic rings. The van der Waals surface area contributed by atoms with Crippen molar-refractivity contribution >= 4 is 22.9 Å². The predicted octanol–water partition coefficient (Wildman–Crippen LogP) is 3.67. The molecule has 0 amide bonds. The summed E-state index contributed by atoms with van der Waals surface area (Å²) in [6.07, 6.45) is 3.38. The van der Waals surface area contributed by atoms with Crippen LogP contribution in [0.2, 0.25) is 0 Å². The lowest BCUT2D eigenvalue weighted by Gasteiger charge is -1.95. The van der Waals surface area contributed by atoms with Crippen LogP contribution in [0.15, 0.2) is 35.8 Å². The van der Waals surface area contributed by atoms with Gasteiger partial charge in [-0.25, -0.2) is 4.99 Å². The van der Waals surface area contributed by atoms with Crippen LogP contribution < -0.4 is 0 Å². The third-order valence-corrected chi connectivity index (χ3v) is 2.57. The van der Waals surface area contributed by atoms with E-state index in [-0.39, 0.29) is 0 Å². The Bertz CT molecular complexity index is 533. The molecule has 0 aliphatic carbocycles. The Hall–Kier alpha value is -1.83. The molecule has 15 heavy (non-hydrogen) atoms. The second-order valence-corrected chi connectivity index (χ2v) is 3.61. The van der Waals surface area contributed by atoms with Crippen LogP contribution in [0.25, 0.3) is 10.9 Å². The number of hydrogen-bond donors (Lipinski definition) is 1. The van der Waals surface area contributed by atoms with Crippen molar-refractivity contribution in [1.29, 1.82) is 0 Å². The van der Waals surface area contributed by atoms with Crippen molar-refractivity contribution in [1.82, 2.24) is 4.98 Å². The summed E-state index contributed by atoms with van der Waals surface area (Å²) < 4.78 is 0. The van der Waals surface area contributed by atoms with Crippen molar-refractivity contribution < 1.29 is 0 Å².